The molecule has 0 spiro atoms. The summed E-state index contributed by atoms with van der Waals surface area (Å²) in [4.78, 5) is 10.8. The van der Waals surface area contributed by atoms with Gasteiger partial charge < -0.3 is 20.1 Å². The molecule has 1 atom stereocenters. The summed E-state index contributed by atoms with van der Waals surface area (Å²) in [6, 6.07) is 10.0. The zero-order chi connectivity index (χ0) is 24.2. The largest absolute Gasteiger partial charge is 0.504 e. The summed E-state index contributed by atoms with van der Waals surface area (Å²) in [5.74, 6) is -0.0795. The number of benzene rings is 2. The highest BCUT2D eigenvalue weighted by molar-refractivity contribution is 5.91. The van der Waals surface area contributed by atoms with E-state index in [1.807, 2.05) is 12.3 Å². The number of methoxy groups -OCH3 is 1. The van der Waals surface area contributed by atoms with Gasteiger partial charge in [0.2, 0.25) is 5.69 Å². The van der Waals surface area contributed by atoms with Gasteiger partial charge in [0.05, 0.1) is 18.1 Å². The van der Waals surface area contributed by atoms with Gasteiger partial charge in [0.25, 0.3) is 0 Å². The Balaban J connectivity index is 1.76. The Hall–Kier alpha value is -3.28. The van der Waals surface area contributed by atoms with E-state index in [1.54, 1.807) is 7.11 Å². The van der Waals surface area contributed by atoms with Gasteiger partial charge in [-0.05, 0) is 60.4 Å². The molecule has 6 nitrogen and oxygen atoms in total. The zero-order valence-corrected chi connectivity index (χ0v) is 20.0. The number of carboxylic acids is 1. The third kappa shape index (κ3) is 4.81. The predicted octanol–water partition coefficient (Wildman–Crippen LogP) is 5.69. The molecule has 2 aromatic carbocycles. The standard InChI is InChI=1S/C28H33NO5/c1-3-4-8-19-13-20-14-21(9-6-5-7-10-27(31)32)29-17-23-18(11-12-25(30)28(23)33)15-24(29)22(20)16-26(19)34-2/h11-13,15-17,21H,3-10,14H2,1-2H3,(H2,30,31,32)/p+1. The number of carboxylic acid groups (broad SMARTS) is 1. The maximum absolute atomic E-state index is 10.8. The number of aromatic nitrogens is 1. The predicted molar refractivity (Wildman–Crippen MR) is 132 cm³/mol. The maximum atomic E-state index is 10.8. The van der Waals surface area contributed by atoms with Gasteiger partial charge in [0, 0.05) is 25.3 Å². The molecule has 3 aromatic rings. The van der Waals surface area contributed by atoms with Gasteiger partial charge in [0.15, 0.2) is 23.7 Å². The number of unbranched alkanes of at least 4 members (excludes halogenated alkanes) is 3. The van der Waals surface area contributed by atoms with E-state index >= 15 is 0 Å². The number of hydrogen-bond acceptors (Lipinski definition) is 4. The lowest BCUT2D eigenvalue weighted by molar-refractivity contribution is -0.714. The molecule has 0 saturated heterocycles. The van der Waals surface area contributed by atoms with Crippen LogP contribution in [0.15, 0.2) is 36.5 Å². The minimum Gasteiger partial charge on any atom is -0.504 e. The van der Waals surface area contributed by atoms with Crippen molar-refractivity contribution in [3.8, 4) is 28.5 Å². The van der Waals surface area contributed by atoms with Crippen LogP contribution in [0.5, 0.6) is 17.2 Å². The number of ether oxygens (including phenoxy) is 1. The summed E-state index contributed by atoms with van der Waals surface area (Å²) < 4.78 is 7.97. The number of rotatable bonds is 10. The lowest BCUT2D eigenvalue weighted by Gasteiger charge is -2.25. The summed E-state index contributed by atoms with van der Waals surface area (Å²) in [5, 5.41) is 30.9. The molecule has 1 unspecified atom stereocenters. The van der Waals surface area contributed by atoms with Crippen molar-refractivity contribution in [1.82, 2.24) is 0 Å². The van der Waals surface area contributed by atoms with E-state index in [0.717, 1.165) is 67.3 Å². The van der Waals surface area contributed by atoms with E-state index in [-0.39, 0.29) is 24.0 Å². The monoisotopic (exact) mass is 464 g/mol. The van der Waals surface area contributed by atoms with Crippen LogP contribution in [-0.4, -0.2) is 28.4 Å². The van der Waals surface area contributed by atoms with Gasteiger partial charge >= 0.3 is 5.97 Å². The quantitative estimate of drug-likeness (QED) is 0.204. The first kappa shape index (κ1) is 23.9. The van der Waals surface area contributed by atoms with Crippen molar-refractivity contribution >= 4 is 16.7 Å². The van der Waals surface area contributed by atoms with Gasteiger partial charge in [-0.1, -0.05) is 25.8 Å². The second-order valence-electron chi connectivity index (χ2n) is 9.28. The van der Waals surface area contributed by atoms with Crippen LogP contribution in [-0.2, 0) is 17.6 Å². The molecule has 180 valence electrons. The fraction of sp³-hybridized carbons (Fsp3) is 0.429. The van der Waals surface area contributed by atoms with Crippen molar-refractivity contribution in [2.24, 2.45) is 0 Å². The van der Waals surface area contributed by atoms with Crippen molar-refractivity contribution in [1.29, 1.82) is 0 Å². The number of carbonyl (C=O) groups is 1. The van der Waals surface area contributed by atoms with E-state index in [1.165, 1.54) is 17.2 Å². The van der Waals surface area contributed by atoms with Crippen molar-refractivity contribution in [3.05, 3.63) is 47.7 Å². The zero-order valence-electron chi connectivity index (χ0n) is 20.0. The molecular weight excluding hydrogens is 430 g/mol. The fourth-order valence-corrected chi connectivity index (χ4v) is 5.08. The normalized spacial score (nSPS) is 14.6. The summed E-state index contributed by atoms with van der Waals surface area (Å²) in [6.07, 6.45) is 9.63. The van der Waals surface area contributed by atoms with Crippen LogP contribution in [0.25, 0.3) is 22.0 Å². The van der Waals surface area contributed by atoms with Gasteiger partial charge in [0.1, 0.15) is 5.75 Å². The molecule has 3 N–H and O–H groups in total. The summed E-state index contributed by atoms with van der Waals surface area (Å²) >= 11 is 0. The third-order valence-electron chi connectivity index (χ3n) is 6.93. The molecule has 0 amide bonds. The molecule has 34 heavy (non-hydrogen) atoms. The average Bonchev–Trinajstić information content (AvgIpc) is 2.83. The van der Waals surface area contributed by atoms with Gasteiger partial charge in [-0.25, -0.2) is 0 Å². The third-order valence-corrected chi connectivity index (χ3v) is 6.93. The van der Waals surface area contributed by atoms with Crippen molar-refractivity contribution < 1.29 is 29.4 Å². The molecule has 4 rings (SSSR count). The Morgan fingerprint density at radius 2 is 1.94 bits per heavy atom. The number of phenols is 2. The van der Waals surface area contributed by atoms with Gasteiger partial charge in [-0.3, -0.25) is 4.79 Å². The highest BCUT2D eigenvalue weighted by Gasteiger charge is 2.33. The fourth-order valence-electron chi connectivity index (χ4n) is 5.08. The topological polar surface area (TPSA) is 90.9 Å². The number of hydrogen-bond donors (Lipinski definition) is 3. The van der Waals surface area contributed by atoms with E-state index in [0.29, 0.717) is 11.8 Å². The first-order chi connectivity index (χ1) is 16.4. The first-order valence-corrected chi connectivity index (χ1v) is 12.2. The molecule has 0 aliphatic carbocycles. The Labute approximate surface area is 200 Å². The van der Waals surface area contributed by atoms with Crippen molar-refractivity contribution in [2.75, 3.05) is 7.11 Å². The molecule has 2 heterocycles. The van der Waals surface area contributed by atoms with Gasteiger partial charge in [-0.15, -0.1) is 0 Å². The molecule has 1 aliphatic rings. The van der Waals surface area contributed by atoms with Crippen LogP contribution in [0.1, 0.15) is 69.0 Å². The number of phenolic OH excluding ortho intramolecular Hbond substituents is 2. The highest BCUT2D eigenvalue weighted by Crippen LogP contribution is 2.40. The molecular formula is C28H34NO5+. The first-order valence-electron chi connectivity index (χ1n) is 12.2. The van der Waals surface area contributed by atoms with Crippen LogP contribution in [0.2, 0.25) is 0 Å². The second-order valence-corrected chi connectivity index (χ2v) is 9.28. The molecule has 0 bridgehead atoms. The van der Waals surface area contributed by atoms with Gasteiger partial charge in [-0.2, -0.15) is 4.57 Å². The molecule has 0 fully saturated rings. The van der Waals surface area contributed by atoms with Crippen molar-refractivity contribution in [2.45, 2.75) is 70.8 Å². The molecule has 1 aromatic heterocycles. The summed E-state index contributed by atoms with van der Waals surface area (Å²) in [7, 11) is 1.72. The summed E-state index contributed by atoms with van der Waals surface area (Å²) in [5.41, 5.74) is 4.73. The minimum atomic E-state index is -0.748. The van der Waals surface area contributed by atoms with E-state index in [4.69, 9.17) is 9.84 Å². The number of aliphatic carboxylic acids is 1. The van der Waals surface area contributed by atoms with Crippen LogP contribution in [0.4, 0.5) is 0 Å². The lowest BCUT2D eigenvalue weighted by Crippen LogP contribution is -2.45. The van der Waals surface area contributed by atoms with E-state index in [9.17, 15) is 15.0 Å². The Morgan fingerprint density at radius 1 is 1.12 bits per heavy atom. The van der Waals surface area contributed by atoms with E-state index < -0.39 is 5.97 Å². The minimum absolute atomic E-state index is 0.105. The van der Waals surface area contributed by atoms with E-state index in [2.05, 4.69) is 29.7 Å². The van der Waals surface area contributed by atoms with Crippen molar-refractivity contribution in [3.63, 3.8) is 0 Å². The lowest BCUT2D eigenvalue weighted by atomic mass is 9.87. The molecule has 1 aliphatic heterocycles. The SMILES string of the molecule is CCCCc1cc2c(cc1OC)-c1cc3ccc(O)c(O)c3c[n+]1C(CCCCCC(=O)O)C2. The maximum Gasteiger partial charge on any atom is 0.303 e. The molecule has 0 saturated carbocycles. The number of aromatic hydroxyl groups is 2. The smallest absolute Gasteiger partial charge is 0.303 e. The van der Waals surface area contributed by atoms with Crippen LogP contribution < -0.4 is 9.30 Å². The number of pyridine rings is 1. The Bertz CT molecular complexity index is 1200. The Morgan fingerprint density at radius 3 is 2.68 bits per heavy atom. The van der Waals surface area contributed by atoms with Crippen LogP contribution in [0.3, 0.4) is 0 Å². The molecule has 6 heteroatoms. The number of nitrogens with zero attached hydrogens (tertiary/aromatic N) is 1. The number of aryl methyl sites for hydroxylation is 1. The second kappa shape index (κ2) is 10.3. The average molecular weight is 465 g/mol. The molecule has 0 radical (unpaired) electrons. The van der Waals surface area contributed by atoms with Crippen LogP contribution >= 0.6 is 0 Å². The van der Waals surface area contributed by atoms with Crippen LogP contribution in [0, 0.1) is 0 Å². The summed E-state index contributed by atoms with van der Waals surface area (Å²) in [6.45, 7) is 2.19. The highest BCUT2D eigenvalue weighted by atomic mass is 16.5. The Kier molecular flexibility index (Phi) is 7.25. The number of fused-ring (bicyclic) bond motifs is 4.